The Morgan fingerprint density at radius 2 is 2.00 bits per heavy atom. The third-order valence-electron chi connectivity index (χ3n) is 0.941. The van der Waals surface area contributed by atoms with Gasteiger partial charge in [0.05, 0.1) is 11.8 Å². The van der Waals surface area contributed by atoms with Crippen LogP contribution in [0.1, 0.15) is 19.3 Å². The number of nitrogens with zero attached hydrogens (tertiary/aromatic N) is 1. The van der Waals surface area contributed by atoms with Gasteiger partial charge in [-0.1, -0.05) is 0 Å². The highest BCUT2D eigenvalue weighted by atomic mass is 32.2. The molecular formula is C5H9NO3S. The zero-order valence-corrected chi connectivity index (χ0v) is 6.26. The Bertz CT molecular complexity index is 214. The van der Waals surface area contributed by atoms with Crippen LogP contribution in [0.25, 0.3) is 0 Å². The Balaban J connectivity index is 3.32. The molecule has 0 saturated heterocycles. The summed E-state index contributed by atoms with van der Waals surface area (Å²) in [6, 6.07) is 1.88. The summed E-state index contributed by atoms with van der Waals surface area (Å²) in [7, 11) is -3.81. The van der Waals surface area contributed by atoms with Crippen molar-refractivity contribution in [3.63, 3.8) is 0 Å². The minimum absolute atomic E-state index is 0.241. The molecule has 0 fully saturated rings. The van der Waals surface area contributed by atoms with Crippen molar-refractivity contribution >= 4 is 10.1 Å². The summed E-state index contributed by atoms with van der Waals surface area (Å²) in [5.41, 5.74) is 0. The van der Waals surface area contributed by atoms with E-state index >= 15 is 0 Å². The van der Waals surface area contributed by atoms with Crippen molar-refractivity contribution in [2.45, 2.75) is 19.3 Å². The molecule has 0 bridgehead atoms. The molecule has 0 aliphatic rings. The normalized spacial score (nSPS) is 10.8. The van der Waals surface area contributed by atoms with Crippen LogP contribution < -0.4 is 0 Å². The number of hydrogen-bond donors (Lipinski definition) is 1. The molecule has 4 nitrogen and oxygen atoms in total. The molecule has 1 N–H and O–H groups in total. The van der Waals surface area contributed by atoms with Gasteiger partial charge in [-0.3, -0.25) is 4.55 Å². The fourth-order valence-electron chi connectivity index (χ4n) is 0.489. The highest BCUT2D eigenvalue weighted by Crippen LogP contribution is 1.96. The lowest BCUT2D eigenvalue weighted by Gasteiger charge is -1.92. The zero-order chi connectivity index (χ0) is 8.04. The summed E-state index contributed by atoms with van der Waals surface area (Å²) in [5.74, 6) is -0.241. The van der Waals surface area contributed by atoms with E-state index in [4.69, 9.17) is 9.81 Å². The van der Waals surface area contributed by atoms with E-state index in [2.05, 4.69) is 0 Å². The van der Waals surface area contributed by atoms with Gasteiger partial charge in [-0.25, -0.2) is 0 Å². The van der Waals surface area contributed by atoms with Gasteiger partial charge in [0.1, 0.15) is 0 Å². The zero-order valence-electron chi connectivity index (χ0n) is 5.45. The fraction of sp³-hybridized carbons (Fsp3) is 0.800. The molecule has 10 heavy (non-hydrogen) atoms. The van der Waals surface area contributed by atoms with Crippen LogP contribution >= 0.6 is 0 Å². The summed E-state index contributed by atoms with van der Waals surface area (Å²) in [4.78, 5) is 0. The van der Waals surface area contributed by atoms with E-state index in [1.807, 2.05) is 6.07 Å². The quantitative estimate of drug-likeness (QED) is 0.485. The van der Waals surface area contributed by atoms with Crippen LogP contribution in [0.2, 0.25) is 0 Å². The second kappa shape index (κ2) is 4.25. The summed E-state index contributed by atoms with van der Waals surface area (Å²) in [6.07, 6.45) is 1.22. The molecular weight excluding hydrogens is 154 g/mol. The molecule has 0 unspecified atom stereocenters. The van der Waals surface area contributed by atoms with E-state index in [-0.39, 0.29) is 5.75 Å². The first-order valence-corrected chi connectivity index (χ1v) is 4.49. The lowest BCUT2D eigenvalue weighted by atomic mass is 10.3. The second-order valence-electron chi connectivity index (χ2n) is 1.90. The minimum atomic E-state index is -3.81. The molecule has 0 rings (SSSR count). The molecule has 0 spiro atoms. The van der Waals surface area contributed by atoms with Crippen molar-refractivity contribution in [3.8, 4) is 6.07 Å². The Kier molecular flexibility index (Phi) is 4.00. The van der Waals surface area contributed by atoms with Crippen LogP contribution in [0.4, 0.5) is 0 Å². The number of rotatable bonds is 4. The van der Waals surface area contributed by atoms with Gasteiger partial charge in [0.15, 0.2) is 0 Å². The Morgan fingerprint density at radius 1 is 1.40 bits per heavy atom. The Morgan fingerprint density at radius 3 is 2.40 bits per heavy atom. The van der Waals surface area contributed by atoms with E-state index in [0.717, 1.165) is 0 Å². The van der Waals surface area contributed by atoms with Crippen molar-refractivity contribution in [3.05, 3.63) is 0 Å². The molecule has 0 saturated carbocycles. The largest absolute Gasteiger partial charge is 0.286 e. The molecule has 0 aromatic rings. The molecule has 5 heteroatoms. The summed E-state index contributed by atoms with van der Waals surface area (Å²) in [5, 5.41) is 8.03. The smallest absolute Gasteiger partial charge is 0.264 e. The molecule has 0 aliphatic heterocycles. The average molecular weight is 163 g/mol. The highest BCUT2D eigenvalue weighted by Gasteiger charge is 2.01. The lowest BCUT2D eigenvalue weighted by molar-refractivity contribution is 0.480. The third kappa shape index (κ3) is 7.40. The lowest BCUT2D eigenvalue weighted by Crippen LogP contribution is -2.02. The average Bonchev–Trinajstić information content (AvgIpc) is 1.78. The third-order valence-corrected chi connectivity index (χ3v) is 1.75. The van der Waals surface area contributed by atoms with E-state index < -0.39 is 10.1 Å². The van der Waals surface area contributed by atoms with Gasteiger partial charge in [-0.05, 0) is 12.8 Å². The Hall–Kier alpha value is -0.600. The van der Waals surface area contributed by atoms with Crippen LogP contribution in [0.3, 0.4) is 0 Å². The van der Waals surface area contributed by atoms with Crippen molar-refractivity contribution in [2.24, 2.45) is 0 Å². The van der Waals surface area contributed by atoms with Crippen molar-refractivity contribution in [2.75, 3.05) is 5.75 Å². The molecule has 0 aromatic heterocycles. The molecule has 0 aliphatic carbocycles. The molecule has 0 amide bonds. The topological polar surface area (TPSA) is 78.2 Å². The predicted molar refractivity (Wildman–Crippen MR) is 35.9 cm³/mol. The van der Waals surface area contributed by atoms with Crippen LogP contribution in [0, 0.1) is 11.3 Å². The maximum Gasteiger partial charge on any atom is 0.264 e. The van der Waals surface area contributed by atoms with E-state index in [1.54, 1.807) is 0 Å². The van der Waals surface area contributed by atoms with Gasteiger partial charge in [0.25, 0.3) is 10.1 Å². The molecule has 0 aromatic carbocycles. The molecule has 0 radical (unpaired) electrons. The first kappa shape index (κ1) is 9.40. The van der Waals surface area contributed by atoms with Gasteiger partial charge in [-0.2, -0.15) is 13.7 Å². The first-order valence-electron chi connectivity index (χ1n) is 2.88. The predicted octanol–water partition coefficient (Wildman–Crippen LogP) is 0.568. The Labute approximate surface area is 60.2 Å². The molecule has 0 atom stereocenters. The summed E-state index contributed by atoms with van der Waals surface area (Å²) >= 11 is 0. The number of unbranched alkanes of at least 4 members (excludes halogenated alkanes) is 2. The van der Waals surface area contributed by atoms with Crippen molar-refractivity contribution in [1.29, 1.82) is 5.26 Å². The van der Waals surface area contributed by atoms with Gasteiger partial charge in [0.2, 0.25) is 0 Å². The van der Waals surface area contributed by atoms with Crippen molar-refractivity contribution in [1.82, 2.24) is 0 Å². The summed E-state index contributed by atoms with van der Waals surface area (Å²) < 4.78 is 28.3. The summed E-state index contributed by atoms with van der Waals surface area (Å²) in [6.45, 7) is 0. The van der Waals surface area contributed by atoms with E-state index in [1.165, 1.54) is 0 Å². The van der Waals surface area contributed by atoms with Gasteiger partial charge in [-0.15, -0.1) is 0 Å². The van der Waals surface area contributed by atoms with E-state index in [9.17, 15) is 8.42 Å². The van der Waals surface area contributed by atoms with Gasteiger partial charge < -0.3 is 0 Å². The maximum atomic E-state index is 10.1. The first-order chi connectivity index (χ1) is 4.56. The van der Waals surface area contributed by atoms with Gasteiger partial charge >= 0.3 is 0 Å². The molecule has 0 heterocycles. The van der Waals surface area contributed by atoms with Crippen molar-refractivity contribution < 1.29 is 13.0 Å². The maximum absolute atomic E-state index is 10.1. The van der Waals surface area contributed by atoms with Crippen LogP contribution in [-0.4, -0.2) is 18.7 Å². The van der Waals surface area contributed by atoms with Crippen LogP contribution in [-0.2, 0) is 10.1 Å². The minimum Gasteiger partial charge on any atom is -0.286 e. The fourth-order valence-corrected chi connectivity index (χ4v) is 1.06. The number of nitriles is 1. The molecule has 58 valence electrons. The van der Waals surface area contributed by atoms with E-state index in [0.29, 0.717) is 19.3 Å². The monoisotopic (exact) mass is 163 g/mol. The highest BCUT2D eigenvalue weighted by molar-refractivity contribution is 7.85. The number of hydrogen-bond acceptors (Lipinski definition) is 3. The standard InChI is InChI=1S/C5H9NO3S/c6-4-2-1-3-5-10(7,8)9/h1-3,5H2,(H,7,8,9). The SMILES string of the molecule is N#CCCCCS(=O)(=O)O. The van der Waals surface area contributed by atoms with Crippen LogP contribution in [0.5, 0.6) is 0 Å². The van der Waals surface area contributed by atoms with Crippen LogP contribution in [0.15, 0.2) is 0 Å². The second-order valence-corrected chi connectivity index (χ2v) is 3.47. The van der Waals surface area contributed by atoms with Gasteiger partial charge in [0, 0.05) is 6.42 Å².